The van der Waals surface area contributed by atoms with Crippen LogP contribution in [0.2, 0.25) is 0 Å². The van der Waals surface area contributed by atoms with Crippen LogP contribution < -0.4 is 14.8 Å². The SMILES string of the molecule is FC(F)[C@@H](c1ccc2c(c1)OCCO2)N1CCNCC1. The molecule has 3 rings (SSSR count). The molecule has 0 bridgehead atoms. The van der Waals surface area contributed by atoms with E-state index in [4.69, 9.17) is 9.47 Å². The van der Waals surface area contributed by atoms with Gasteiger partial charge in [0.05, 0.1) is 6.04 Å². The molecule has 0 radical (unpaired) electrons. The van der Waals surface area contributed by atoms with E-state index >= 15 is 0 Å². The van der Waals surface area contributed by atoms with Gasteiger partial charge >= 0.3 is 0 Å². The first-order chi connectivity index (χ1) is 9.75. The summed E-state index contributed by atoms with van der Waals surface area (Å²) in [4.78, 5) is 1.83. The van der Waals surface area contributed by atoms with E-state index in [1.165, 1.54) is 0 Å². The average Bonchev–Trinajstić information content (AvgIpc) is 2.48. The monoisotopic (exact) mass is 284 g/mol. The quantitative estimate of drug-likeness (QED) is 0.915. The summed E-state index contributed by atoms with van der Waals surface area (Å²) >= 11 is 0. The molecule has 2 aliphatic rings. The number of rotatable bonds is 3. The number of ether oxygens (including phenoxy) is 2. The molecule has 110 valence electrons. The van der Waals surface area contributed by atoms with Crippen LogP contribution in [-0.2, 0) is 0 Å². The molecule has 1 fully saturated rings. The first kappa shape index (κ1) is 13.6. The molecule has 2 aliphatic heterocycles. The molecule has 0 aromatic heterocycles. The molecule has 0 unspecified atom stereocenters. The minimum Gasteiger partial charge on any atom is -0.486 e. The molecular formula is C14H18F2N2O2. The van der Waals surface area contributed by atoms with Gasteiger partial charge < -0.3 is 14.8 Å². The maximum absolute atomic E-state index is 13.5. The summed E-state index contributed by atoms with van der Waals surface area (Å²) in [6.07, 6.45) is -2.42. The van der Waals surface area contributed by atoms with E-state index in [-0.39, 0.29) is 0 Å². The topological polar surface area (TPSA) is 33.7 Å². The number of nitrogens with one attached hydrogen (secondary N) is 1. The van der Waals surface area contributed by atoms with Crippen LogP contribution in [0.1, 0.15) is 11.6 Å². The average molecular weight is 284 g/mol. The van der Waals surface area contributed by atoms with Crippen molar-refractivity contribution in [1.29, 1.82) is 0 Å². The zero-order chi connectivity index (χ0) is 13.9. The lowest BCUT2D eigenvalue weighted by Crippen LogP contribution is -2.46. The summed E-state index contributed by atoms with van der Waals surface area (Å²) < 4.78 is 37.8. The van der Waals surface area contributed by atoms with Crippen molar-refractivity contribution in [3.63, 3.8) is 0 Å². The summed E-state index contributed by atoms with van der Waals surface area (Å²) in [6.45, 7) is 3.71. The van der Waals surface area contributed by atoms with Crippen molar-refractivity contribution >= 4 is 0 Å². The van der Waals surface area contributed by atoms with E-state index in [1.807, 2.05) is 4.90 Å². The van der Waals surface area contributed by atoms with Gasteiger partial charge in [0.2, 0.25) is 0 Å². The van der Waals surface area contributed by atoms with Gasteiger partial charge in [0.25, 0.3) is 6.43 Å². The van der Waals surface area contributed by atoms with Crippen LogP contribution in [0.5, 0.6) is 11.5 Å². The number of fused-ring (bicyclic) bond motifs is 1. The predicted molar refractivity (Wildman–Crippen MR) is 70.6 cm³/mol. The molecule has 0 aliphatic carbocycles. The number of benzene rings is 1. The molecular weight excluding hydrogens is 266 g/mol. The van der Waals surface area contributed by atoms with Gasteiger partial charge in [-0.05, 0) is 17.7 Å². The zero-order valence-corrected chi connectivity index (χ0v) is 11.1. The highest BCUT2D eigenvalue weighted by Gasteiger charge is 2.31. The molecule has 20 heavy (non-hydrogen) atoms. The Bertz CT molecular complexity index is 464. The number of piperazine rings is 1. The van der Waals surface area contributed by atoms with Gasteiger partial charge in [-0.2, -0.15) is 0 Å². The van der Waals surface area contributed by atoms with Crippen molar-refractivity contribution in [1.82, 2.24) is 10.2 Å². The minimum atomic E-state index is -2.42. The summed E-state index contributed by atoms with van der Waals surface area (Å²) in [5, 5.41) is 3.18. The van der Waals surface area contributed by atoms with Crippen LogP contribution in [0.3, 0.4) is 0 Å². The van der Waals surface area contributed by atoms with Crippen LogP contribution >= 0.6 is 0 Å². The smallest absolute Gasteiger partial charge is 0.258 e. The normalized spacial score (nSPS) is 20.9. The van der Waals surface area contributed by atoms with Crippen molar-refractivity contribution in [3.8, 4) is 11.5 Å². The highest BCUT2D eigenvalue weighted by molar-refractivity contribution is 5.44. The van der Waals surface area contributed by atoms with E-state index in [9.17, 15) is 8.78 Å². The molecule has 4 nitrogen and oxygen atoms in total. The first-order valence-corrected chi connectivity index (χ1v) is 6.88. The van der Waals surface area contributed by atoms with Crippen molar-refractivity contribution in [2.24, 2.45) is 0 Å². The van der Waals surface area contributed by atoms with Crippen LogP contribution in [0, 0.1) is 0 Å². The lowest BCUT2D eigenvalue weighted by molar-refractivity contribution is 0.0179. The molecule has 1 aromatic rings. The van der Waals surface area contributed by atoms with E-state index in [1.54, 1.807) is 18.2 Å². The molecule has 2 heterocycles. The van der Waals surface area contributed by atoms with Crippen molar-refractivity contribution < 1.29 is 18.3 Å². The van der Waals surface area contributed by atoms with Gasteiger partial charge in [0.15, 0.2) is 11.5 Å². The van der Waals surface area contributed by atoms with Crippen LogP contribution in [-0.4, -0.2) is 50.7 Å². The zero-order valence-electron chi connectivity index (χ0n) is 11.1. The molecule has 0 saturated carbocycles. The Morgan fingerprint density at radius 1 is 1.05 bits per heavy atom. The summed E-state index contributed by atoms with van der Waals surface area (Å²) in [5.74, 6) is 1.20. The van der Waals surface area contributed by atoms with Crippen LogP contribution in [0.15, 0.2) is 18.2 Å². The Kier molecular flexibility index (Phi) is 4.03. The van der Waals surface area contributed by atoms with Crippen LogP contribution in [0.4, 0.5) is 8.78 Å². The van der Waals surface area contributed by atoms with Crippen molar-refractivity contribution in [3.05, 3.63) is 23.8 Å². The second-order valence-electron chi connectivity index (χ2n) is 4.97. The lowest BCUT2D eigenvalue weighted by atomic mass is 10.0. The third-order valence-corrected chi connectivity index (χ3v) is 3.69. The Morgan fingerprint density at radius 2 is 1.75 bits per heavy atom. The van der Waals surface area contributed by atoms with Crippen molar-refractivity contribution in [2.45, 2.75) is 12.5 Å². The molecule has 6 heteroatoms. The molecule has 1 atom stereocenters. The highest BCUT2D eigenvalue weighted by Crippen LogP contribution is 2.36. The Balaban J connectivity index is 1.86. The van der Waals surface area contributed by atoms with E-state index in [0.29, 0.717) is 43.4 Å². The fraction of sp³-hybridized carbons (Fsp3) is 0.571. The Labute approximate surface area is 116 Å². The number of nitrogens with zero attached hydrogens (tertiary/aromatic N) is 1. The van der Waals surface area contributed by atoms with Gasteiger partial charge in [-0.3, -0.25) is 4.90 Å². The maximum atomic E-state index is 13.5. The third-order valence-electron chi connectivity index (χ3n) is 3.69. The van der Waals surface area contributed by atoms with Gasteiger partial charge in [0, 0.05) is 26.2 Å². The predicted octanol–water partition coefficient (Wildman–Crippen LogP) is 1.67. The van der Waals surface area contributed by atoms with Gasteiger partial charge in [-0.15, -0.1) is 0 Å². The standard InChI is InChI=1S/C14H18F2N2O2/c15-14(16)13(18-5-3-17-4-6-18)10-1-2-11-12(9-10)20-8-7-19-11/h1-2,9,13-14,17H,3-8H2/t13-/m1/s1. The molecule has 1 N–H and O–H groups in total. The number of hydrogen-bond acceptors (Lipinski definition) is 4. The first-order valence-electron chi connectivity index (χ1n) is 6.88. The maximum Gasteiger partial charge on any atom is 0.258 e. The van der Waals surface area contributed by atoms with Crippen molar-refractivity contribution in [2.75, 3.05) is 39.4 Å². The number of alkyl halides is 2. The van der Waals surface area contributed by atoms with Crippen LogP contribution in [0.25, 0.3) is 0 Å². The second kappa shape index (κ2) is 5.93. The molecule has 0 spiro atoms. The Hall–Kier alpha value is -1.40. The van der Waals surface area contributed by atoms with Gasteiger partial charge in [-0.25, -0.2) is 8.78 Å². The second-order valence-corrected chi connectivity index (χ2v) is 4.97. The van der Waals surface area contributed by atoms with E-state index in [0.717, 1.165) is 13.1 Å². The summed E-state index contributed by atoms with van der Waals surface area (Å²) in [6, 6.07) is 4.24. The fourth-order valence-corrected chi connectivity index (χ4v) is 2.72. The number of halogens is 2. The summed E-state index contributed by atoms with van der Waals surface area (Å²) in [7, 11) is 0. The molecule has 1 saturated heterocycles. The highest BCUT2D eigenvalue weighted by atomic mass is 19.3. The van der Waals surface area contributed by atoms with E-state index < -0.39 is 12.5 Å². The fourth-order valence-electron chi connectivity index (χ4n) is 2.72. The van der Waals surface area contributed by atoms with Gasteiger partial charge in [0.1, 0.15) is 13.2 Å². The molecule has 1 aromatic carbocycles. The summed E-state index contributed by atoms with van der Waals surface area (Å²) in [5.41, 5.74) is 0.589. The lowest BCUT2D eigenvalue weighted by Gasteiger charge is -2.35. The largest absolute Gasteiger partial charge is 0.486 e. The van der Waals surface area contributed by atoms with Gasteiger partial charge in [-0.1, -0.05) is 6.07 Å². The Morgan fingerprint density at radius 3 is 2.45 bits per heavy atom. The number of hydrogen-bond donors (Lipinski definition) is 1. The van der Waals surface area contributed by atoms with E-state index in [2.05, 4.69) is 5.32 Å². The molecule has 0 amide bonds. The minimum absolute atomic E-state index is 0.462. The third kappa shape index (κ3) is 2.71.